The predicted molar refractivity (Wildman–Crippen MR) is 108 cm³/mol. The van der Waals surface area contributed by atoms with E-state index < -0.39 is 0 Å². The molecule has 0 spiro atoms. The van der Waals surface area contributed by atoms with Gasteiger partial charge in [-0.25, -0.2) is 0 Å². The lowest BCUT2D eigenvalue weighted by Gasteiger charge is -2.12. The Morgan fingerprint density at radius 1 is 1.08 bits per heavy atom. The van der Waals surface area contributed by atoms with E-state index in [4.69, 9.17) is 4.74 Å². The summed E-state index contributed by atoms with van der Waals surface area (Å²) in [5, 5.41) is 6.32. The topological polar surface area (TPSA) is 50.4 Å². The third-order valence-corrected chi connectivity index (χ3v) is 4.26. The molecule has 0 aromatic heterocycles. The van der Waals surface area contributed by atoms with Crippen molar-refractivity contribution in [2.24, 2.45) is 0 Å². The van der Waals surface area contributed by atoms with Gasteiger partial charge in [0.15, 0.2) is 0 Å². The minimum atomic E-state index is 0.0562. The third-order valence-electron chi connectivity index (χ3n) is 4.26. The van der Waals surface area contributed by atoms with Crippen LogP contribution in [-0.4, -0.2) is 19.1 Å². The van der Waals surface area contributed by atoms with Gasteiger partial charge in [0, 0.05) is 18.7 Å². The molecule has 0 saturated heterocycles. The van der Waals surface area contributed by atoms with Crippen molar-refractivity contribution in [1.29, 1.82) is 0 Å². The van der Waals surface area contributed by atoms with Gasteiger partial charge in [-0.05, 0) is 62.1 Å². The molecule has 2 aromatic rings. The Balaban J connectivity index is 1.72. The highest BCUT2D eigenvalue weighted by Gasteiger charge is 2.06. The van der Waals surface area contributed by atoms with Gasteiger partial charge in [-0.3, -0.25) is 4.79 Å². The molecule has 140 valence electrons. The third kappa shape index (κ3) is 6.52. The first-order valence-electron chi connectivity index (χ1n) is 9.38. The fourth-order valence-electron chi connectivity index (χ4n) is 2.70. The molecule has 0 aliphatic carbocycles. The van der Waals surface area contributed by atoms with Crippen LogP contribution in [0.5, 0.6) is 5.75 Å². The number of amides is 1. The summed E-state index contributed by atoms with van der Waals surface area (Å²) < 4.78 is 5.84. The summed E-state index contributed by atoms with van der Waals surface area (Å²) in [4.78, 5) is 12.2. The second-order valence-electron chi connectivity index (χ2n) is 6.56. The van der Waals surface area contributed by atoms with Gasteiger partial charge in [-0.1, -0.05) is 37.3 Å². The molecule has 0 unspecified atom stereocenters. The number of nitrogens with one attached hydrogen (secondary N) is 2. The van der Waals surface area contributed by atoms with Crippen molar-refractivity contribution in [3.05, 3.63) is 59.2 Å². The van der Waals surface area contributed by atoms with Gasteiger partial charge in [0.05, 0.1) is 6.61 Å². The molecule has 26 heavy (non-hydrogen) atoms. The van der Waals surface area contributed by atoms with Crippen molar-refractivity contribution >= 4 is 11.6 Å². The highest BCUT2D eigenvalue weighted by molar-refractivity contribution is 5.91. The van der Waals surface area contributed by atoms with E-state index in [0.29, 0.717) is 13.0 Å². The molecule has 0 bridgehead atoms. The van der Waals surface area contributed by atoms with Crippen LogP contribution in [0.4, 0.5) is 5.69 Å². The van der Waals surface area contributed by atoms with Crippen LogP contribution in [-0.2, 0) is 11.3 Å². The number of ether oxygens (including phenoxy) is 1. The monoisotopic (exact) mass is 354 g/mol. The van der Waals surface area contributed by atoms with Crippen molar-refractivity contribution in [3.8, 4) is 5.75 Å². The molecule has 4 nitrogen and oxygen atoms in total. The Bertz CT molecular complexity index is 713. The maximum Gasteiger partial charge on any atom is 0.224 e. The SMILES string of the molecule is CCNCc1ccccc1NC(=O)CCCCOc1cc(C)ccc1C. The number of rotatable bonds is 10. The number of carbonyl (C=O) groups excluding carboxylic acids is 1. The quantitative estimate of drug-likeness (QED) is 0.613. The van der Waals surface area contributed by atoms with E-state index in [9.17, 15) is 4.79 Å². The fraction of sp³-hybridized carbons (Fsp3) is 0.409. The zero-order chi connectivity index (χ0) is 18.8. The molecule has 0 aliphatic heterocycles. The summed E-state index contributed by atoms with van der Waals surface area (Å²) in [5.41, 5.74) is 4.35. The first-order chi connectivity index (χ1) is 12.6. The smallest absolute Gasteiger partial charge is 0.224 e. The number of unbranched alkanes of at least 4 members (excludes halogenated alkanes) is 1. The van der Waals surface area contributed by atoms with Crippen LogP contribution in [0.3, 0.4) is 0 Å². The normalized spacial score (nSPS) is 10.6. The molecule has 0 fully saturated rings. The highest BCUT2D eigenvalue weighted by atomic mass is 16.5. The molecule has 4 heteroatoms. The fourth-order valence-corrected chi connectivity index (χ4v) is 2.70. The molecule has 0 radical (unpaired) electrons. The van der Waals surface area contributed by atoms with Crippen LogP contribution >= 0.6 is 0 Å². The first kappa shape index (κ1) is 20.0. The molecule has 0 atom stereocenters. The average Bonchev–Trinajstić information content (AvgIpc) is 2.63. The Morgan fingerprint density at radius 3 is 2.69 bits per heavy atom. The molecule has 0 aliphatic rings. The van der Waals surface area contributed by atoms with Gasteiger partial charge in [-0.15, -0.1) is 0 Å². The Labute approximate surface area is 157 Å². The van der Waals surface area contributed by atoms with Crippen molar-refractivity contribution in [2.75, 3.05) is 18.5 Å². The minimum absolute atomic E-state index is 0.0562. The van der Waals surface area contributed by atoms with Crippen LogP contribution < -0.4 is 15.4 Å². The molecule has 1 amide bonds. The van der Waals surface area contributed by atoms with Crippen molar-refractivity contribution in [1.82, 2.24) is 5.32 Å². The first-order valence-corrected chi connectivity index (χ1v) is 9.38. The van der Waals surface area contributed by atoms with Crippen LogP contribution in [0, 0.1) is 13.8 Å². The van der Waals surface area contributed by atoms with Crippen molar-refractivity contribution < 1.29 is 9.53 Å². The molecular formula is C22H30N2O2. The molecule has 2 rings (SSSR count). The van der Waals surface area contributed by atoms with Gasteiger partial charge in [0.1, 0.15) is 5.75 Å². The van der Waals surface area contributed by atoms with E-state index in [1.54, 1.807) is 0 Å². The number of para-hydroxylation sites is 1. The molecule has 0 heterocycles. The zero-order valence-electron chi connectivity index (χ0n) is 16.1. The van der Waals surface area contributed by atoms with Gasteiger partial charge < -0.3 is 15.4 Å². The lowest BCUT2D eigenvalue weighted by Crippen LogP contribution is -2.17. The van der Waals surface area contributed by atoms with Gasteiger partial charge in [0.2, 0.25) is 5.91 Å². The van der Waals surface area contributed by atoms with Crippen molar-refractivity contribution in [2.45, 2.75) is 46.6 Å². The maximum atomic E-state index is 12.2. The van der Waals surface area contributed by atoms with E-state index in [-0.39, 0.29) is 5.91 Å². The molecular weight excluding hydrogens is 324 g/mol. The minimum Gasteiger partial charge on any atom is -0.493 e. The lowest BCUT2D eigenvalue weighted by molar-refractivity contribution is -0.116. The average molecular weight is 354 g/mol. The van der Waals surface area contributed by atoms with Crippen LogP contribution in [0.2, 0.25) is 0 Å². The van der Waals surface area contributed by atoms with E-state index >= 15 is 0 Å². The lowest BCUT2D eigenvalue weighted by atomic mass is 10.1. The van der Waals surface area contributed by atoms with Gasteiger partial charge in [-0.2, -0.15) is 0 Å². The number of benzene rings is 2. The molecule has 0 saturated carbocycles. The van der Waals surface area contributed by atoms with Gasteiger partial charge >= 0.3 is 0 Å². The summed E-state index contributed by atoms with van der Waals surface area (Å²) in [5.74, 6) is 0.993. The van der Waals surface area contributed by atoms with Crippen LogP contribution in [0.15, 0.2) is 42.5 Å². The van der Waals surface area contributed by atoms with E-state index in [1.807, 2.05) is 31.2 Å². The van der Waals surface area contributed by atoms with Crippen LogP contribution in [0.25, 0.3) is 0 Å². The number of anilines is 1. The summed E-state index contributed by atoms with van der Waals surface area (Å²) in [6, 6.07) is 14.1. The van der Waals surface area contributed by atoms with Crippen LogP contribution in [0.1, 0.15) is 42.9 Å². The Morgan fingerprint density at radius 2 is 1.88 bits per heavy atom. The standard InChI is InChI=1S/C22H30N2O2/c1-4-23-16-19-9-5-6-10-20(19)24-22(25)11-7-8-14-26-21-15-17(2)12-13-18(21)3/h5-6,9-10,12-13,15,23H,4,7-8,11,14,16H2,1-3H3,(H,24,25). The number of carbonyl (C=O) groups is 1. The maximum absolute atomic E-state index is 12.2. The number of hydrogen-bond acceptors (Lipinski definition) is 3. The van der Waals surface area contributed by atoms with E-state index in [2.05, 4.69) is 42.7 Å². The van der Waals surface area contributed by atoms with E-state index in [0.717, 1.165) is 48.5 Å². The Kier molecular flexibility index (Phi) is 8.16. The highest BCUT2D eigenvalue weighted by Crippen LogP contribution is 2.19. The summed E-state index contributed by atoms with van der Waals surface area (Å²) >= 11 is 0. The zero-order valence-corrected chi connectivity index (χ0v) is 16.1. The number of aryl methyl sites for hydroxylation is 2. The summed E-state index contributed by atoms with van der Waals surface area (Å²) in [6.45, 7) is 8.48. The van der Waals surface area contributed by atoms with Crippen molar-refractivity contribution in [3.63, 3.8) is 0 Å². The largest absolute Gasteiger partial charge is 0.493 e. The predicted octanol–water partition coefficient (Wildman–Crippen LogP) is 4.60. The number of hydrogen-bond donors (Lipinski definition) is 2. The van der Waals surface area contributed by atoms with Gasteiger partial charge in [0.25, 0.3) is 0 Å². The second-order valence-corrected chi connectivity index (χ2v) is 6.56. The molecule has 2 aromatic carbocycles. The van der Waals surface area contributed by atoms with E-state index in [1.165, 1.54) is 5.56 Å². The second kappa shape index (κ2) is 10.6. The Hall–Kier alpha value is -2.33. The summed E-state index contributed by atoms with van der Waals surface area (Å²) in [7, 11) is 0. The summed E-state index contributed by atoms with van der Waals surface area (Å²) in [6.07, 6.45) is 2.18. The molecule has 2 N–H and O–H groups in total.